The molecule has 0 atom stereocenters. The van der Waals surface area contributed by atoms with E-state index in [1.165, 1.54) is 18.3 Å². The fourth-order valence-corrected chi connectivity index (χ4v) is 3.87. The monoisotopic (exact) mass is 463 g/mol. The van der Waals surface area contributed by atoms with Crippen LogP contribution in [0.1, 0.15) is 21.6 Å². The zero-order valence-electron chi connectivity index (χ0n) is 17.1. The molecule has 160 valence electrons. The fourth-order valence-electron chi connectivity index (χ4n) is 3.37. The number of rotatable bonds is 5. The summed E-state index contributed by atoms with van der Waals surface area (Å²) in [5.41, 5.74) is 7.75. The number of hydrazone groups is 1. The smallest absolute Gasteiger partial charge is 0.271 e. The second kappa shape index (κ2) is 9.30. The van der Waals surface area contributed by atoms with Crippen molar-refractivity contribution in [2.24, 2.45) is 5.10 Å². The Bertz CT molecular complexity index is 1270. The van der Waals surface area contributed by atoms with Crippen molar-refractivity contribution in [1.82, 2.24) is 9.99 Å². The summed E-state index contributed by atoms with van der Waals surface area (Å²) in [4.78, 5) is 12.5. The van der Waals surface area contributed by atoms with Crippen LogP contribution in [0.2, 0.25) is 10.0 Å². The highest BCUT2D eigenvalue weighted by molar-refractivity contribution is 6.37. The third kappa shape index (κ3) is 4.54. The summed E-state index contributed by atoms with van der Waals surface area (Å²) >= 11 is 11.8. The number of amides is 1. The number of nitrogens with zero attached hydrogens (tertiary/aromatic N) is 2. The molecule has 32 heavy (non-hydrogen) atoms. The minimum Gasteiger partial charge on any atom is -0.505 e. The molecule has 0 aliphatic heterocycles. The standard InChI is InChI=1S/C25H19Cl2N3O2/c1-16-7-12-23(18-5-3-2-4-6-18)30(16)20-10-8-19(9-11-20)25(32)29-28-15-17-13-21(26)24(31)22(27)14-17/h2-15,31H,1H3,(H,29,32)/b28-15+. The average Bonchev–Trinajstić information content (AvgIpc) is 3.19. The number of hydrogen-bond donors (Lipinski definition) is 2. The summed E-state index contributed by atoms with van der Waals surface area (Å²) in [7, 11) is 0. The zero-order valence-corrected chi connectivity index (χ0v) is 18.6. The van der Waals surface area contributed by atoms with E-state index in [2.05, 4.69) is 39.4 Å². The number of benzene rings is 3. The van der Waals surface area contributed by atoms with E-state index in [4.69, 9.17) is 23.2 Å². The Morgan fingerprint density at radius 3 is 2.28 bits per heavy atom. The maximum absolute atomic E-state index is 12.5. The molecule has 2 N–H and O–H groups in total. The van der Waals surface area contributed by atoms with Crippen molar-refractivity contribution in [3.63, 3.8) is 0 Å². The number of aryl methyl sites for hydroxylation is 1. The molecule has 0 unspecified atom stereocenters. The van der Waals surface area contributed by atoms with E-state index in [1.807, 2.05) is 37.3 Å². The molecule has 7 heteroatoms. The number of carbonyl (C=O) groups excluding carboxylic acids is 1. The van der Waals surface area contributed by atoms with Gasteiger partial charge in [0.15, 0.2) is 5.75 Å². The molecule has 0 fully saturated rings. The van der Waals surface area contributed by atoms with E-state index in [0.29, 0.717) is 11.1 Å². The lowest BCUT2D eigenvalue weighted by Crippen LogP contribution is -2.17. The predicted molar refractivity (Wildman–Crippen MR) is 129 cm³/mol. The van der Waals surface area contributed by atoms with Gasteiger partial charge in [-0.25, -0.2) is 5.43 Å². The van der Waals surface area contributed by atoms with Gasteiger partial charge in [-0.1, -0.05) is 53.5 Å². The molecule has 0 radical (unpaired) electrons. The van der Waals surface area contributed by atoms with Gasteiger partial charge in [0, 0.05) is 16.9 Å². The lowest BCUT2D eigenvalue weighted by Gasteiger charge is -2.12. The van der Waals surface area contributed by atoms with Crippen LogP contribution in [-0.4, -0.2) is 21.8 Å². The second-order valence-electron chi connectivity index (χ2n) is 7.14. The third-order valence-electron chi connectivity index (χ3n) is 4.95. The molecule has 0 bridgehead atoms. The average molecular weight is 464 g/mol. The quantitative estimate of drug-likeness (QED) is 0.272. The van der Waals surface area contributed by atoms with E-state index in [0.717, 1.165) is 22.6 Å². The van der Waals surface area contributed by atoms with Gasteiger partial charge in [0.1, 0.15) is 0 Å². The minimum atomic E-state index is -0.351. The van der Waals surface area contributed by atoms with Gasteiger partial charge in [0.05, 0.1) is 22.0 Å². The maximum atomic E-state index is 12.5. The van der Waals surface area contributed by atoms with Gasteiger partial charge in [0.25, 0.3) is 5.91 Å². The minimum absolute atomic E-state index is 0.107. The van der Waals surface area contributed by atoms with E-state index >= 15 is 0 Å². The normalized spacial score (nSPS) is 11.1. The zero-order chi connectivity index (χ0) is 22.7. The molecule has 0 aliphatic carbocycles. The molecular weight excluding hydrogens is 445 g/mol. The number of nitrogens with one attached hydrogen (secondary N) is 1. The van der Waals surface area contributed by atoms with Crippen LogP contribution in [0.25, 0.3) is 16.9 Å². The van der Waals surface area contributed by atoms with Crippen LogP contribution in [-0.2, 0) is 0 Å². The molecule has 4 rings (SSSR count). The summed E-state index contributed by atoms with van der Waals surface area (Å²) in [5.74, 6) is -0.542. The summed E-state index contributed by atoms with van der Waals surface area (Å²) in [6.07, 6.45) is 1.40. The SMILES string of the molecule is Cc1ccc(-c2ccccc2)n1-c1ccc(C(=O)N/N=C/c2cc(Cl)c(O)c(Cl)c2)cc1. The first-order valence-electron chi connectivity index (χ1n) is 9.79. The van der Waals surface area contributed by atoms with Crippen LogP contribution in [0.5, 0.6) is 5.75 Å². The van der Waals surface area contributed by atoms with Crippen molar-refractivity contribution in [3.8, 4) is 22.7 Å². The Morgan fingerprint density at radius 2 is 1.62 bits per heavy atom. The number of halogens is 2. The topological polar surface area (TPSA) is 66.6 Å². The Morgan fingerprint density at radius 1 is 0.969 bits per heavy atom. The van der Waals surface area contributed by atoms with Gasteiger partial charge in [-0.15, -0.1) is 0 Å². The van der Waals surface area contributed by atoms with Crippen molar-refractivity contribution in [3.05, 3.63) is 106 Å². The van der Waals surface area contributed by atoms with Gasteiger partial charge in [-0.3, -0.25) is 4.79 Å². The van der Waals surface area contributed by atoms with Crippen molar-refractivity contribution >= 4 is 35.3 Å². The number of hydrogen-bond acceptors (Lipinski definition) is 3. The van der Waals surface area contributed by atoms with E-state index < -0.39 is 0 Å². The van der Waals surface area contributed by atoms with Crippen molar-refractivity contribution in [2.45, 2.75) is 6.92 Å². The maximum Gasteiger partial charge on any atom is 0.271 e. The molecule has 0 aliphatic rings. The lowest BCUT2D eigenvalue weighted by molar-refractivity contribution is 0.0955. The van der Waals surface area contributed by atoms with Crippen LogP contribution < -0.4 is 5.43 Å². The lowest BCUT2D eigenvalue weighted by atomic mass is 10.1. The van der Waals surface area contributed by atoms with Crippen LogP contribution in [0.4, 0.5) is 0 Å². The molecule has 3 aromatic carbocycles. The molecule has 1 aromatic heterocycles. The largest absolute Gasteiger partial charge is 0.505 e. The van der Waals surface area contributed by atoms with Gasteiger partial charge >= 0.3 is 0 Å². The third-order valence-corrected chi connectivity index (χ3v) is 5.53. The first-order valence-corrected chi connectivity index (χ1v) is 10.6. The number of aromatic hydroxyl groups is 1. The molecule has 0 saturated heterocycles. The fraction of sp³-hybridized carbons (Fsp3) is 0.0400. The highest BCUT2D eigenvalue weighted by Gasteiger charge is 2.11. The highest BCUT2D eigenvalue weighted by atomic mass is 35.5. The first-order chi connectivity index (χ1) is 15.4. The molecule has 5 nitrogen and oxygen atoms in total. The van der Waals surface area contributed by atoms with E-state index in [-0.39, 0.29) is 21.7 Å². The van der Waals surface area contributed by atoms with Crippen LogP contribution in [0, 0.1) is 6.92 Å². The van der Waals surface area contributed by atoms with Crippen LogP contribution in [0.3, 0.4) is 0 Å². The molecule has 0 spiro atoms. The number of carbonyl (C=O) groups is 1. The summed E-state index contributed by atoms with van der Waals surface area (Å²) < 4.78 is 2.15. The van der Waals surface area contributed by atoms with Crippen molar-refractivity contribution in [1.29, 1.82) is 0 Å². The Hall–Kier alpha value is -3.54. The van der Waals surface area contributed by atoms with Gasteiger partial charge in [-0.05, 0) is 66.6 Å². The number of aromatic nitrogens is 1. The Balaban J connectivity index is 1.50. The second-order valence-corrected chi connectivity index (χ2v) is 7.95. The number of phenolic OH excluding ortho intramolecular Hbond substituents is 1. The molecule has 1 heterocycles. The molecule has 0 saturated carbocycles. The predicted octanol–water partition coefficient (Wildman–Crippen LogP) is 6.23. The van der Waals surface area contributed by atoms with Gasteiger partial charge < -0.3 is 9.67 Å². The summed E-state index contributed by atoms with van der Waals surface area (Å²) in [5, 5.41) is 13.8. The first kappa shape index (κ1) is 21.7. The van der Waals surface area contributed by atoms with Crippen LogP contribution >= 0.6 is 23.2 Å². The van der Waals surface area contributed by atoms with Crippen molar-refractivity contribution in [2.75, 3.05) is 0 Å². The summed E-state index contributed by atoms with van der Waals surface area (Å²) in [6, 6.07) is 24.6. The van der Waals surface area contributed by atoms with Crippen molar-refractivity contribution < 1.29 is 9.90 Å². The number of phenols is 1. The Labute approximate surface area is 195 Å². The van der Waals surface area contributed by atoms with Crippen LogP contribution in [0.15, 0.2) is 84.0 Å². The van der Waals surface area contributed by atoms with E-state index in [1.54, 1.807) is 12.1 Å². The van der Waals surface area contributed by atoms with E-state index in [9.17, 15) is 9.90 Å². The Kier molecular flexibility index (Phi) is 6.30. The van der Waals surface area contributed by atoms with Gasteiger partial charge in [-0.2, -0.15) is 5.10 Å². The molecule has 4 aromatic rings. The molecular formula is C25H19Cl2N3O2. The highest BCUT2D eigenvalue weighted by Crippen LogP contribution is 2.32. The summed E-state index contributed by atoms with van der Waals surface area (Å²) in [6.45, 7) is 2.05. The van der Waals surface area contributed by atoms with Gasteiger partial charge in [0.2, 0.25) is 0 Å². The molecule has 1 amide bonds.